The Bertz CT molecular complexity index is 1480. The van der Waals surface area contributed by atoms with Gasteiger partial charge in [-0.25, -0.2) is 19.3 Å². The number of hydrogen-bond acceptors (Lipinski definition) is 10. The molecule has 0 amide bonds. The number of aromatic nitrogens is 6. The van der Waals surface area contributed by atoms with E-state index in [1.807, 2.05) is 34.6 Å². The molecule has 0 saturated carbocycles. The third kappa shape index (κ3) is 4.23. The zero-order valence-electron chi connectivity index (χ0n) is 20.8. The van der Waals surface area contributed by atoms with Crippen molar-refractivity contribution in [2.75, 3.05) is 5.32 Å². The monoisotopic (exact) mass is 529 g/mol. The van der Waals surface area contributed by atoms with Crippen LogP contribution in [0, 0.1) is 5.82 Å². The van der Waals surface area contributed by atoms with Crippen LogP contribution in [0.2, 0.25) is 5.02 Å². The Morgan fingerprint density at radius 2 is 1.86 bits per heavy atom. The fraction of sp³-hybridized carbons (Fsp3) is 0.458. The lowest BCUT2D eigenvalue weighted by atomic mass is 9.97. The van der Waals surface area contributed by atoms with E-state index in [1.165, 1.54) is 18.5 Å². The second-order valence-corrected chi connectivity index (χ2v) is 10.9. The van der Waals surface area contributed by atoms with E-state index in [0.29, 0.717) is 33.8 Å². The number of anilines is 2. The van der Waals surface area contributed by atoms with E-state index in [4.69, 9.17) is 30.2 Å². The van der Waals surface area contributed by atoms with E-state index >= 15 is 0 Å². The van der Waals surface area contributed by atoms with Crippen molar-refractivity contribution in [1.82, 2.24) is 29.7 Å². The first-order valence-electron chi connectivity index (χ1n) is 11.7. The third-order valence-electron chi connectivity index (χ3n) is 6.17. The molecular formula is C24H25ClFN7O4. The Morgan fingerprint density at radius 3 is 2.59 bits per heavy atom. The molecule has 1 aromatic carbocycles. The molecule has 6 rings (SSSR count). The molecule has 0 bridgehead atoms. The Kier molecular flexibility index (Phi) is 5.50. The molecule has 11 nitrogen and oxygen atoms in total. The maximum atomic E-state index is 14.4. The number of rotatable bonds is 4. The minimum absolute atomic E-state index is 0.205. The van der Waals surface area contributed by atoms with Gasteiger partial charge in [0.05, 0.1) is 12.0 Å². The Morgan fingerprint density at radius 1 is 1.08 bits per heavy atom. The van der Waals surface area contributed by atoms with Crippen molar-refractivity contribution in [2.24, 2.45) is 0 Å². The SMILES string of the molecule is CC1(C)O[C@@H]2[C@@H](O1)[C@H](n1cnc3c(Nc4ccc(Cl)cc4F)ncnc31)O[C@@H]2c1nnc(C(C)(C)C)o1. The third-order valence-corrected chi connectivity index (χ3v) is 6.41. The van der Waals surface area contributed by atoms with E-state index in [1.54, 1.807) is 17.0 Å². The van der Waals surface area contributed by atoms with Gasteiger partial charge >= 0.3 is 0 Å². The molecular weight excluding hydrogens is 505 g/mol. The minimum atomic E-state index is -0.854. The van der Waals surface area contributed by atoms with Gasteiger partial charge in [0, 0.05) is 10.4 Å². The Hall–Kier alpha value is -3.19. The second kappa shape index (κ2) is 8.42. The summed E-state index contributed by atoms with van der Waals surface area (Å²) < 4.78 is 40.9. The molecule has 0 spiro atoms. The van der Waals surface area contributed by atoms with Gasteiger partial charge in [0.25, 0.3) is 0 Å². The largest absolute Gasteiger partial charge is 0.422 e. The number of fused-ring (bicyclic) bond motifs is 2. The lowest BCUT2D eigenvalue weighted by Crippen LogP contribution is -2.27. The fourth-order valence-electron chi connectivity index (χ4n) is 4.50. The first-order chi connectivity index (χ1) is 17.5. The van der Waals surface area contributed by atoms with E-state index in [9.17, 15) is 4.39 Å². The van der Waals surface area contributed by atoms with Gasteiger partial charge in [0.2, 0.25) is 11.8 Å². The van der Waals surface area contributed by atoms with Crippen molar-refractivity contribution in [3.8, 4) is 0 Å². The lowest BCUT2D eigenvalue weighted by Gasteiger charge is -2.24. The van der Waals surface area contributed by atoms with Crippen LogP contribution in [-0.2, 0) is 19.6 Å². The van der Waals surface area contributed by atoms with Crippen molar-refractivity contribution < 1.29 is 23.0 Å². The quantitative estimate of drug-likeness (QED) is 0.393. The molecule has 5 heterocycles. The summed E-state index contributed by atoms with van der Waals surface area (Å²) in [5, 5.41) is 11.7. The van der Waals surface area contributed by atoms with Gasteiger partial charge in [-0.2, -0.15) is 0 Å². The summed E-state index contributed by atoms with van der Waals surface area (Å²) in [7, 11) is 0. The summed E-state index contributed by atoms with van der Waals surface area (Å²) in [6, 6.07) is 4.33. The molecule has 2 aliphatic heterocycles. The first-order valence-corrected chi connectivity index (χ1v) is 12.1. The summed E-state index contributed by atoms with van der Waals surface area (Å²) in [5.74, 6) is -0.242. The number of hydrogen-bond donors (Lipinski definition) is 1. The highest BCUT2D eigenvalue weighted by Crippen LogP contribution is 2.49. The van der Waals surface area contributed by atoms with Crippen LogP contribution < -0.4 is 5.32 Å². The van der Waals surface area contributed by atoms with Crippen molar-refractivity contribution in [2.45, 2.75) is 70.4 Å². The normalized spacial score (nSPS) is 25.1. The van der Waals surface area contributed by atoms with Crippen molar-refractivity contribution in [1.29, 1.82) is 0 Å². The highest BCUT2D eigenvalue weighted by atomic mass is 35.5. The summed E-state index contributed by atoms with van der Waals surface area (Å²) in [5.41, 5.74) is 0.771. The minimum Gasteiger partial charge on any atom is -0.422 e. The van der Waals surface area contributed by atoms with Gasteiger partial charge in [0.15, 0.2) is 35.1 Å². The van der Waals surface area contributed by atoms with Crippen LogP contribution >= 0.6 is 11.6 Å². The van der Waals surface area contributed by atoms with Crippen LogP contribution in [0.3, 0.4) is 0 Å². The van der Waals surface area contributed by atoms with Gasteiger partial charge in [-0.05, 0) is 32.0 Å². The summed E-state index contributed by atoms with van der Waals surface area (Å²) in [6.07, 6.45) is 0.595. The van der Waals surface area contributed by atoms with Crippen LogP contribution in [0.15, 0.2) is 35.3 Å². The predicted molar refractivity (Wildman–Crippen MR) is 130 cm³/mol. The molecule has 2 aliphatic rings. The Balaban J connectivity index is 1.36. The number of benzene rings is 1. The molecule has 13 heteroatoms. The summed E-state index contributed by atoms with van der Waals surface area (Å²) in [4.78, 5) is 13.2. The van der Waals surface area contributed by atoms with Gasteiger partial charge < -0.3 is 23.9 Å². The molecule has 194 valence electrons. The first kappa shape index (κ1) is 24.2. The predicted octanol–water partition coefficient (Wildman–Crippen LogP) is 4.83. The number of ether oxygens (including phenoxy) is 3. The number of halogens is 2. The van der Waals surface area contributed by atoms with Crippen LogP contribution in [-0.4, -0.2) is 47.7 Å². The van der Waals surface area contributed by atoms with Gasteiger partial charge in [0.1, 0.15) is 24.4 Å². The van der Waals surface area contributed by atoms with Gasteiger partial charge in [-0.3, -0.25) is 4.57 Å². The van der Waals surface area contributed by atoms with E-state index in [-0.39, 0.29) is 11.1 Å². The van der Waals surface area contributed by atoms with Crippen LogP contribution in [0.25, 0.3) is 11.2 Å². The molecule has 0 aliphatic carbocycles. The number of imidazole rings is 1. The molecule has 2 saturated heterocycles. The number of nitrogens with zero attached hydrogens (tertiary/aromatic N) is 6. The fourth-order valence-corrected chi connectivity index (χ4v) is 4.66. The Labute approximate surface area is 216 Å². The van der Waals surface area contributed by atoms with Crippen LogP contribution in [0.5, 0.6) is 0 Å². The van der Waals surface area contributed by atoms with Crippen molar-refractivity contribution in [3.05, 3.63) is 53.5 Å². The second-order valence-electron chi connectivity index (χ2n) is 10.5. The molecule has 4 atom stereocenters. The van der Waals surface area contributed by atoms with E-state index in [2.05, 4.69) is 30.5 Å². The smallest absolute Gasteiger partial charge is 0.248 e. The summed E-state index contributed by atoms with van der Waals surface area (Å²) in [6.45, 7) is 9.64. The highest BCUT2D eigenvalue weighted by Gasteiger charge is 2.58. The van der Waals surface area contributed by atoms with E-state index in [0.717, 1.165) is 0 Å². The molecule has 4 aromatic rings. The zero-order chi connectivity index (χ0) is 26.1. The maximum absolute atomic E-state index is 14.4. The zero-order valence-corrected chi connectivity index (χ0v) is 21.5. The lowest BCUT2D eigenvalue weighted by molar-refractivity contribution is -0.199. The molecule has 37 heavy (non-hydrogen) atoms. The standard InChI is InChI=1S/C24H25ClFN7O4/c1-23(2,3)22-32-31-20(35-22)16-15-17(37-24(4,5)36-15)21(34-16)33-10-29-14-18(27-9-28-19(14)33)30-13-7-6-11(25)8-12(13)26/h6-10,15-17,21H,1-5H3,(H,27,28,30)/t15-,16-,17+,21+/m0/s1. The van der Waals surface area contributed by atoms with Gasteiger partial charge in [-0.1, -0.05) is 32.4 Å². The topological polar surface area (TPSA) is 122 Å². The van der Waals surface area contributed by atoms with Crippen LogP contribution in [0.1, 0.15) is 58.7 Å². The average molecular weight is 530 g/mol. The van der Waals surface area contributed by atoms with Crippen LogP contribution in [0.4, 0.5) is 15.9 Å². The molecule has 0 unspecified atom stereocenters. The van der Waals surface area contributed by atoms with Crippen molar-refractivity contribution in [3.63, 3.8) is 0 Å². The number of nitrogens with one attached hydrogen (secondary N) is 1. The maximum Gasteiger partial charge on any atom is 0.248 e. The van der Waals surface area contributed by atoms with Gasteiger partial charge in [-0.15, -0.1) is 10.2 Å². The average Bonchev–Trinajstić information content (AvgIpc) is 3.57. The van der Waals surface area contributed by atoms with E-state index < -0.39 is 36.1 Å². The molecule has 0 radical (unpaired) electrons. The molecule has 2 fully saturated rings. The highest BCUT2D eigenvalue weighted by molar-refractivity contribution is 6.30. The molecule has 1 N–H and O–H groups in total. The van der Waals surface area contributed by atoms with Crippen molar-refractivity contribution >= 4 is 34.3 Å². The molecule has 3 aromatic heterocycles. The summed E-state index contributed by atoms with van der Waals surface area (Å²) >= 11 is 5.87.